The van der Waals surface area contributed by atoms with Crippen molar-refractivity contribution in [1.29, 1.82) is 0 Å². The summed E-state index contributed by atoms with van der Waals surface area (Å²) in [7, 11) is -4.07. The van der Waals surface area contributed by atoms with Crippen LogP contribution in [0.1, 0.15) is 28.1 Å². The second-order valence-electron chi connectivity index (χ2n) is 5.37. The maximum atomic E-state index is 10.9. The number of hydrogen-bond acceptors (Lipinski definition) is 7. The Morgan fingerprint density at radius 3 is 2.48 bits per heavy atom. The fraction of sp³-hybridized carbons (Fsp3) is 0.600. The van der Waals surface area contributed by atoms with E-state index in [0.717, 1.165) is 0 Å². The van der Waals surface area contributed by atoms with Crippen molar-refractivity contribution in [2.75, 3.05) is 5.75 Å². The molecular formula is C15H26NNaO7S. The van der Waals surface area contributed by atoms with Crippen LogP contribution in [-0.2, 0) is 19.6 Å². The van der Waals surface area contributed by atoms with Gasteiger partial charge in [-0.15, -0.1) is 0 Å². The third-order valence-corrected chi connectivity index (χ3v) is 4.03. The molecule has 0 fully saturated rings. The van der Waals surface area contributed by atoms with Crippen LogP contribution >= 0.6 is 0 Å². The van der Waals surface area contributed by atoms with Crippen LogP contribution in [0.4, 0.5) is 0 Å². The Kier molecular flexibility index (Phi) is 12.1. The van der Waals surface area contributed by atoms with Crippen molar-refractivity contribution in [3.63, 3.8) is 0 Å². The zero-order valence-corrected chi connectivity index (χ0v) is 17.5. The van der Waals surface area contributed by atoms with Crippen molar-refractivity contribution in [1.82, 2.24) is 5.32 Å². The molecule has 1 heterocycles. The van der Waals surface area contributed by atoms with Crippen molar-refractivity contribution in [3.8, 4) is 0 Å². The van der Waals surface area contributed by atoms with Gasteiger partial charge in [0.25, 0.3) is 10.1 Å². The van der Waals surface area contributed by atoms with Gasteiger partial charge in [0.2, 0.25) is 0 Å². The van der Waals surface area contributed by atoms with E-state index in [1.165, 1.54) is 13.8 Å². The van der Waals surface area contributed by atoms with Crippen molar-refractivity contribution >= 4 is 10.1 Å². The predicted molar refractivity (Wildman–Crippen MR) is 89.1 cm³/mol. The van der Waals surface area contributed by atoms with Gasteiger partial charge < -0.3 is 26.4 Å². The third-order valence-electron chi connectivity index (χ3n) is 3.22. The van der Waals surface area contributed by atoms with Crippen LogP contribution in [-0.4, -0.2) is 47.8 Å². The molecule has 0 bridgehead atoms. The van der Waals surface area contributed by atoms with Gasteiger partial charge in [0.05, 0.1) is 11.7 Å². The van der Waals surface area contributed by atoms with Crippen LogP contribution < -0.4 is 34.9 Å². The Balaban J connectivity index is 0. The van der Waals surface area contributed by atoms with Crippen LogP contribution in [0.5, 0.6) is 0 Å². The van der Waals surface area contributed by atoms with E-state index in [9.17, 15) is 18.6 Å². The minimum Gasteiger partial charge on any atom is -1.00 e. The number of allylic oxidation sites excluding steroid dienone is 4. The summed E-state index contributed by atoms with van der Waals surface area (Å²) in [5.74, 6) is -0.978. The molecule has 0 aromatic rings. The predicted octanol–water partition coefficient (Wildman–Crippen LogP) is -2.02. The summed E-state index contributed by atoms with van der Waals surface area (Å²) in [5, 5.41) is 22.5. The van der Waals surface area contributed by atoms with E-state index in [2.05, 4.69) is 5.32 Å². The molecule has 4 unspecified atom stereocenters. The molecule has 25 heavy (non-hydrogen) atoms. The fourth-order valence-corrected chi connectivity index (χ4v) is 2.77. The molecular weight excluding hydrogens is 361 g/mol. The molecule has 4 N–H and O–H groups in total. The number of hydrogen-bond donors (Lipinski definition) is 4. The molecule has 4 atom stereocenters. The third kappa shape index (κ3) is 11.2. The molecule has 1 aliphatic rings. The summed E-state index contributed by atoms with van der Waals surface area (Å²) in [4.78, 5) is 0. The summed E-state index contributed by atoms with van der Waals surface area (Å²) in [6, 6.07) is 0. The Morgan fingerprint density at radius 1 is 1.20 bits per heavy atom. The van der Waals surface area contributed by atoms with Gasteiger partial charge in [-0.25, -0.2) is 0 Å². The molecule has 0 spiro atoms. The molecule has 0 aromatic heterocycles. The number of rotatable bonds is 10. The molecule has 0 aliphatic carbocycles. The molecule has 0 amide bonds. The fourth-order valence-electron chi connectivity index (χ4n) is 2.24. The van der Waals surface area contributed by atoms with Crippen molar-refractivity contribution in [2.45, 2.75) is 45.6 Å². The van der Waals surface area contributed by atoms with Crippen molar-refractivity contribution in [3.05, 3.63) is 36.2 Å². The average molecular weight is 387 g/mol. The van der Waals surface area contributed by atoms with Gasteiger partial charge in [-0.3, -0.25) is 4.55 Å². The second kappa shape index (κ2) is 12.2. The second-order valence-corrected chi connectivity index (χ2v) is 6.95. The smallest absolute Gasteiger partial charge is 1.00 e. The molecule has 0 radical (unpaired) electrons. The van der Waals surface area contributed by atoms with Gasteiger partial charge in [0, 0.05) is 11.9 Å². The molecule has 1 rings (SSSR count). The van der Waals surface area contributed by atoms with E-state index in [1.54, 1.807) is 30.5 Å². The van der Waals surface area contributed by atoms with E-state index in [4.69, 9.17) is 14.0 Å². The Hall–Kier alpha value is -0.230. The van der Waals surface area contributed by atoms with Crippen molar-refractivity contribution in [2.24, 2.45) is 5.92 Å². The summed E-state index contributed by atoms with van der Waals surface area (Å²) < 4.78 is 40.9. The standard InChI is InChI=1S/C15H25NO7S.Na.H/c1-11(17)22-12(2)23-15(18)13(7-6-10-24(19,20)21)14-8-4-3-5-9-16-14;;/h3-5,8-9,11-13,15-18H,6-7,10H2,1-2H3,(H,19,20,21);;/q;+1;-1. The van der Waals surface area contributed by atoms with Gasteiger partial charge in [0.1, 0.15) is 0 Å². The number of ether oxygens (including phenoxy) is 2. The SMILES string of the molecule is CC(O)OC(C)OC(O)C(CCCS(=O)(=O)O)C1=CC=CC=CN1.[H-].[Na+]. The van der Waals surface area contributed by atoms with E-state index in [-0.39, 0.29) is 43.8 Å². The average Bonchev–Trinajstić information content (AvgIpc) is 2.70. The van der Waals surface area contributed by atoms with Gasteiger partial charge in [-0.1, -0.05) is 12.2 Å². The quantitative estimate of drug-likeness (QED) is 0.192. The van der Waals surface area contributed by atoms with E-state index in [0.29, 0.717) is 5.70 Å². The van der Waals surface area contributed by atoms with Crippen LogP contribution in [0.3, 0.4) is 0 Å². The van der Waals surface area contributed by atoms with Gasteiger partial charge in [-0.2, -0.15) is 8.42 Å². The Morgan fingerprint density at radius 2 is 1.88 bits per heavy atom. The maximum absolute atomic E-state index is 10.9. The number of aliphatic hydroxyl groups is 2. The molecule has 0 saturated heterocycles. The zero-order chi connectivity index (χ0) is 18.2. The first kappa shape index (κ1) is 24.8. The monoisotopic (exact) mass is 387 g/mol. The Labute approximate surface area is 172 Å². The minimum atomic E-state index is -4.07. The minimum absolute atomic E-state index is 0. The largest absolute Gasteiger partial charge is 1.00 e. The first-order valence-electron chi connectivity index (χ1n) is 7.61. The summed E-state index contributed by atoms with van der Waals surface area (Å²) >= 11 is 0. The van der Waals surface area contributed by atoms with Gasteiger partial charge >= 0.3 is 29.6 Å². The Bertz CT molecular complexity index is 581. The van der Waals surface area contributed by atoms with E-state index >= 15 is 0 Å². The van der Waals surface area contributed by atoms with Crippen LogP contribution in [0.25, 0.3) is 0 Å². The molecule has 10 heteroatoms. The van der Waals surface area contributed by atoms with Crippen LogP contribution in [0.15, 0.2) is 36.2 Å². The first-order chi connectivity index (χ1) is 11.2. The maximum Gasteiger partial charge on any atom is 1.00 e. The topological polar surface area (TPSA) is 125 Å². The van der Waals surface area contributed by atoms with Crippen LogP contribution in [0.2, 0.25) is 0 Å². The molecule has 0 aromatic carbocycles. The number of aliphatic hydroxyl groups excluding tert-OH is 2. The van der Waals surface area contributed by atoms with Gasteiger partial charge in [0.15, 0.2) is 18.9 Å². The summed E-state index contributed by atoms with van der Waals surface area (Å²) in [6.07, 6.45) is 5.94. The van der Waals surface area contributed by atoms with Gasteiger partial charge in [-0.05, 0) is 38.8 Å². The van der Waals surface area contributed by atoms with Crippen molar-refractivity contribution < 1.29 is 63.6 Å². The normalized spacial score (nSPS) is 19.0. The van der Waals surface area contributed by atoms with E-state index < -0.39 is 40.7 Å². The molecule has 0 saturated carbocycles. The molecule has 140 valence electrons. The first-order valence-corrected chi connectivity index (χ1v) is 9.22. The summed E-state index contributed by atoms with van der Waals surface area (Å²) in [5.41, 5.74) is 0.632. The summed E-state index contributed by atoms with van der Waals surface area (Å²) in [6.45, 7) is 2.95. The van der Waals surface area contributed by atoms with Crippen LogP contribution in [0, 0.1) is 5.92 Å². The number of nitrogens with one attached hydrogen (secondary N) is 1. The molecule has 8 nitrogen and oxygen atoms in total. The zero-order valence-electron chi connectivity index (χ0n) is 15.7. The molecule has 1 aliphatic heterocycles. The van der Waals surface area contributed by atoms with E-state index in [1.807, 2.05) is 0 Å².